The fourth-order valence-electron chi connectivity index (χ4n) is 2.16. The first-order chi connectivity index (χ1) is 12.1. The number of ether oxygens (including phenoxy) is 2. The van der Waals surface area contributed by atoms with Crippen molar-refractivity contribution in [2.24, 2.45) is 5.10 Å². The summed E-state index contributed by atoms with van der Waals surface area (Å²) in [6.45, 7) is 4.96. The van der Waals surface area contributed by atoms with Crippen LogP contribution in [0.25, 0.3) is 0 Å². The summed E-state index contributed by atoms with van der Waals surface area (Å²) in [5.74, 6) is 1.23. The molecule has 0 fully saturated rings. The van der Waals surface area contributed by atoms with Crippen molar-refractivity contribution in [3.63, 3.8) is 0 Å². The highest BCUT2D eigenvalue weighted by molar-refractivity contribution is 9.10. The van der Waals surface area contributed by atoms with E-state index in [-0.39, 0.29) is 12.3 Å². The number of amides is 1. The van der Waals surface area contributed by atoms with Crippen molar-refractivity contribution in [2.45, 2.75) is 20.3 Å². The molecule has 0 heterocycles. The highest BCUT2D eigenvalue weighted by atomic mass is 79.9. The van der Waals surface area contributed by atoms with Crippen LogP contribution in [0.15, 0.2) is 52.0 Å². The lowest BCUT2D eigenvalue weighted by Crippen LogP contribution is -2.19. The molecule has 0 aliphatic carbocycles. The summed E-state index contributed by atoms with van der Waals surface area (Å²) < 4.78 is 12.0. The fraction of sp³-hybridized carbons (Fsp3) is 0.263. The highest BCUT2D eigenvalue weighted by Gasteiger charge is 2.05. The zero-order valence-electron chi connectivity index (χ0n) is 14.3. The number of rotatable bonds is 8. The van der Waals surface area contributed by atoms with Gasteiger partial charge >= 0.3 is 0 Å². The summed E-state index contributed by atoms with van der Waals surface area (Å²) in [5, 5.41) is 4.02. The van der Waals surface area contributed by atoms with Gasteiger partial charge in [0.15, 0.2) is 0 Å². The van der Waals surface area contributed by atoms with Crippen LogP contribution in [0.3, 0.4) is 0 Å². The average molecular weight is 405 g/mol. The van der Waals surface area contributed by atoms with Gasteiger partial charge in [-0.3, -0.25) is 4.79 Å². The molecule has 0 atom stereocenters. The first-order valence-corrected chi connectivity index (χ1v) is 8.87. The lowest BCUT2D eigenvalue weighted by atomic mass is 10.1. The maximum absolute atomic E-state index is 11.9. The summed E-state index contributed by atoms with van der Waals surface area (Å²) in [5.41, 5.74) is 4.23. The fourth-order valence-corrected chi connectivity index (χ4v) is 2.42. The molecular formula is C19H21BrN2O3. The molecule has 0 saturated heterocycles. The van der Waals surface area contributed by atoms with E-state index in [0.717, 1.165) is 21.3 Å². The van der Waals surface area contributed by atoms with Gasteiger partial charge in [0.25, 0.3) is 0 Å². The second kappa shape index (κ2) is 9.84. The summed E-state index contributed by atoms with van der Waals surface area (Å²) in [6.07, 6.45) is 1.84. The van der Waals surface area contributed by atoms with Crippen molar-refractivity contribution in [2.75, 3.05) is 13.2 Å². The Labute approximate surface area is 156 Å². The molecule has 0 bridgehead atoms. The molecule has 0 aliphatic rings. The smallest absolute Gasteiger partial charge is 0.244 e. The van der Waals surface area contributed by atoms with Gasteiger partial charge in [-0.25, -0.2) is 5.43 Å². The van der Waals surface area contributed by atoms with Gasteiger partial charge in [0, 0.05) is 16.1 Å². The lowest BCUT2D eigenvalue weighted by Gasteiger charge is -2.10. The molecule has 1 amide bonds. The molecule has 2 rings (SSSR count). The number of nitrogens with one attached hydrogen (secondary N) is 1. The van der Waals surface area contributed by atoms with Gasteiger partial charge in [-0.05, 0) is 43.7 Å². The van der Waals surface area contributed by atoms with E-state index in [1.807, 2.05) is 56.3 Å². The first-order valence-electron chi connectivity index (χ1n) is 8.08. The maximum atomic E-state index is 11.9. The third kappa shape index (κ3) is 6.23. The minimum Gasteiger partial charge on any atom is -0.494 e. The van der Waals surface area contributed by atoms with Gasteiger partial charge in [0.1, 0.15) is 11.5 Å². The quantitative estimate of drug-likeness (QED) is 0.535. The molecule has 0 radical (unpaired) electrons. The van der Waals surface area contributed by atoms with Crippen molar-refractivity contribution in [3.8, 4) is 11.5 Å². The minimum atomic E-state index is -0.178. The van der Waals surface area contributed by atoms with Gasteiger partial charge in [-0.15, -0.1) is 0 Å². The molecule has 25 heavy (non-hydrogen) atoms. The van der Waals surface area contributed by atoms with Crippen LogP contribution in [0.2, 0.25) is 0 Å². The zero-order valence-corrected chi connectivity index (χ0v) is 15.9. The number of hydrogen-bond donors (Lipinski definition) is 1. The third-order valence-electron chi connectivity index (χ3n) is 3.27. The van der Waals surface area contributed by atoms with Gasteiger partial charge in [0.2, 0.25) is 5.91 Å². The van der Waals surface area contributed by atoms with Gasteiger partial charge in [-0.1, -0.05) is 28.1 Å². The average Bonchev–Trinajstić information content (AvgIpc) is 2.59. The first kappa shape index (κ1) is 19.0. The summed E-state index contributed by atoms with van der Waals surface area (Å²) >= 11 is 3.37. The van der Waals surface area contributed by atoms with Crippen LogP contribution in [0.4, 0.5) is 0 Å². The predicted molar refractivity (Wildman–Crippen MR) is 102 cm³/mol. The molecule has 2 aromatic rings. The number of benzene rings is 2. The van der Waals surface area contributed by atoms with Gasteiger partial charge in [0.05, 0.1) is 25.8 Å². The third-order valence-corrected chi connectivity index (χ3v) is 3.80. The van der Waals surface area contributed by atoms with Crippen LogP contribution in [0.5, 0.6) is 11.5 Å². The number of nitrogens with zero attached hydrogens (tertiary/aromatic N) is 1. The van der Waals surface area contributed by atoms with E-state index in [2.05, 4.69) is 26.5 Å². The van der Waals surface area contributed by atoms with Crippen molar-refractivity contribution < 1.29 is 14.3 Å². The molecule has 1 N–H and O–H groups in total. The molecule has 0 aromatic heterocycles. The van der Waals surface area contributed by atoms with E-state index >= 15 is 0 Å². The van der Waals surface area contributed by atoms with Crippen LogP contribution in [0.1, 0.15) is 25.0 Å². The standard InChI is InChI=1S/C19H21BrN2O3/c1-3-24-17-10-7-15(18(12-17)25-4-2)13-21-22-19(23)11-14-5-8-16(20)9-6-14/h5-10,12-13H,3-4,11H2,1-2H3,(H,22,23)/b21-13+. The second-order valence-electron chi connectivity index (χ2n) is 5.16. The van der Waals surface area contributed by atoms with Crippen molar-refractivity contribution in [1.29, 1.82) is 0 Å². The maximum Gasteiger partial charge on any atom is 0.244 e. The molecule has 0 unspecified atom stereocenters. The molecule has 0 spiro atoms. The van der Waals surface area contributed by atoms with E-state index in [1.54, 1.807) is 6.21 Å². The summed E-state index contributed by atoms with van der Waals surface area (Å²) in [6, 6.07) is 13.1. The number of carbonyl (C=O) groups is 1. The van der Waals surface area contributed by atoms with Crippen LogP contribution >= 0.6 is 15.9 Å². The topological polar surface area (TPSA) is 59.9 Å². The van der Waals surface area contributed by atoms with Crippen LogP contribution in [0, 0.1) is 0 Å². The Hall–Kier alpha value is -2.34. The van der Waals surface area contributed by atoms with Crippen molar-refractivity contribution in [3.05, 3.63) is 58.1 Å². The monoisotopic (exact) mass is 404 g/mol. The highest BCUT2D eigenvalue weighted by Crippen LogP contribution is 2.23. The minimum absolute atomic E-state index is 0.178. The van der Waals surface area contributed by atoms with Crippen LogP contribution in [-0.4, -0.2) is 25.3 Å². The van der Waals surface area contributed by atoms with E-state index in [0.29, 0.717) is 19.0 Å². The van der Waals surface area contributed by atoms with Crippen molar-refractivity contribution in [1.82, 2.24) is 5.43 Å². The Morgan fingerprint density at radius 2 is 1.84 bits per heavy atom. The SMILES string of the molecule is CCOc1ccc(/C=N/NC(=O)Cc2ccc(Br)cc2)c(OCC)c1. The van der Waals surface area contributed by atoms with Crippen molar-refractivity contribution >= 4 is 28.1 Å². The van der Waals surface area contributed by atoms with E-state index in [9.17, 15) is 4.79 Å². The van der Waals surface area contributed by atoms with Gasteiger partial charge in [-0.2, -0.15) is 5.10 Å². The molecule has 6 heteroatoms. The van der Waals surface area contributed by atoms with Crippen LogP contribution < -0.4 is 14.9 Å². The molecule has 2 aromatic carbocycles. The Morgan fingerprint density at radius 1 is 1.12 bits per heavy atom. The summed E-state index contributed by atoms with van der Waals surface area (Å²) in [7, 11) is 0. The van der Waals surface area contributed by atoms with Crippen LogP contribution in [-0.2, 0) is 11.2 Å². The van der Waals surface area contributed by atoms with E-state index in [4.69, 9.17) is 9.47 Å². The Balaban J connectivity index is 1.98. The Bertz CT molecular complexity index is 730. The molecule has 132 valence electrons. The van der Waals surface area contributed by atoms with E-state index in [1.165, 1.54) is 0 Å². The zero-order chi connectivity index (χ0) is 18.1. The molecule has 0 saturated carbocycles. The molecular weight excluding hydrogens is 384 g/mol. The normalized spacial score (nSPS) is 10.7. The largest absolute Gasteiger partial charge is 0.494 e. The second-order valence-corrected chi connectivity index (χ2v) is 6.08. The number of hydrazone groups is 1. The van der Waals surface area contributed by atoms with Gasteiger partial charge < -0.3 is 9.47 Å². The van der Waals surface area contributed by atoms with E-state index < -0.39 is 0 Å². The Morgan fingerprint density at radius 3 is 2.52 bits per heavy atom. The summed E-state index contributed by atoms with van der Waals surface area (Å²) in [4.78, 5) is 11.9. The lowest BCUT2D eigenvalue weighted by molar-refractivity contribution is -0.120. The Kier molecular flexibility index (Phi) is 7.47. The number of carbonyl (C=O) groups excluding carboxylic acids is 1. The molecule has 5 nitrogen and oxygen atoms in total. The number of hydrogen-bond acceptors (Lipinski definition) is 4. The predicted octanol–water partition coefficient (Wildman–Crippen LogP) is 3.94. The molecule has 0 aliphatic heterocycles. The number of halogens is 1.